The van der Waals surface area contributed by atoms with E-state index in [1.54, 1.807) is 57.0 Å². The van der Waals surface area contributed by atoms with Crippen LogP contribution in [-0.4, -0.2) is 37.6 Å². The Hall–Kier alpha value is -3.03. The standard InChI is InChI=1S/C24H26F3NO4/c1-23(2,3)22(30)28-14-19(32-18-7-5-6-17(13-18)31-4)10-8-15-12-16(9-11-20(15)28)21(29)24(25,26)27/h5-7,9,11-13,19H,8,10,14H2,1-4H3. The number of halogens is 3. The molecule has 172 valence electrons. The summed E-state index contributed by atoms with van der Waals surface area (Å²) in [7, 11) is 1.55. The normalized spacial score (nSPS) is 16.7. The first-order valence-corrected chi connectivity index (χ1v) is 10.3. The minimum atomic E-state index is -4.96. The molecule has 1 heterocycles. The molecule has 2 aromatic rings. The zero-order chi connectivity index (χ0) is 23.7. The van der Waals surface area contributed by atoms with Crippen molar-refractivity contribution in [2.45, 2.75) is 45.9 Å². The molecule has 5 nitrogen and oxygen atoms in total. The Kier molecular flexibility index (Phi) is 6.53. The van der Waals surface area contributed by atoms with Crippen molar-refractivity contribution in [1.29, 1.82) is 0 Å². The van der Waals surface area contributed by atoms with Gasteiger partial charge in [-0.25, -0.2) is 0 Å². The molecule has 0 saturated carbocycles. The first-order chi connectivity index (χ1) is 14.9. The number of amides is 1. The van der Waals surface area contributed by atoms with Gasteiger partial charge in [0, 0.05) is 22.7 Å². The average Bonchev–Trinajstić information content (AvgIpc) is 2.90. The van der Waals surface area contributed by atoms with Gasteiger partial charge in [0.1, 0.15) is 17.6 Å². The van der Waals surface area contributed by atoms with Gasteiger partial charge in [0.05, 0.1) is 13.7 Å². The van der Waals surface area contributed by atoms with Gasteiger partial charge >= 0.3 is 6.18 Å². The van der Waals surface area contributed by atoms with Crippen molar-refractivity contribution in [3.05, 3.63) is 53.6 Å². The summed E-state index contributed by atoms with van der Waals surface area (Å²) in [4.78, 5) is 26.5. The Balaban J connectivity index is 1.96. The minimum Gasteiger partial charge on any atom is -0.497 e. The summed E-state index contributed by atoms with van der Waals surface area (Å²) in [5.41, 5.74) is -0.149. The van der Waals surface area contributed by atoms with Gasteiger partial charge in [-0.1, -0.05) is 26.8 Å². The predicted octanol–water partition coefficient (Wildman–Crippen LogP) is 5.21. The van der Waals surface area contributed by atoms with Crippen LogP contribution in [0.2, 0.25) is 0 Å². The highest BCUT2D eigenvalue weighted by molar-refractivity contribution is 6.02. The molecule has 1 amide bonds. The quantitative estimate of drug-likeness (QED) is 0.601. The van der Waals surface area contributed by atoms with Gasteiger partial charge in [-0.05, 0) is 48.7 Å². The van der Waals surface area contributed by atoms with Crippen LogP contribution in [0.3, 0.4) is 0 Å². The van der Waals surface area contributed by atoms with Gasteiger partial charge in [0.2, 0.25) is 5.91 Å². The number of hydrogen-bond donors (Lipinski definition) is 0. The summed E-state index contributed by atoms with van der Waals surface area (Å²) >= 11 is 0. The number of ketones is 1. The van der Waals surface area contributed by atoms with Crippen molar-refractivity contribution in [3.8, 4) is 11.5 Å². The summed E-state index contributed by atoms with van der Waals surface area (Å²) < 4.78 is 50.1. The Morgan fingerprint density at radius 1 is 1.03 bits per heavy atom. The zero-order valence-electron chi connectivity index (χ0n) is 18.5. The number of alkyl halides is 3. The van der Waals surface area contributed by atoms with Crippen LogP contribution < -0.4 is 14.4 Å². The second-order valence-corrected chi connectivity index (χ2v) is 8.79. The maximum atomic E-state index is 13.2. The number of carbonyl (C=O) groups is 2. The summed E-state index contributed by atoms with van der Waals surface area (Å²) in [5, 5.41) is 0. The van der Waals surface area contributed by atoms with Crippen molar-refractivity contribution in [3.63, 3.8) is 0 Å². The molecule has 0 aliphatic carbocycles. The lowest BCUT2D eigenvalue weighted by atomic mass is 9.93. The average molecular weight is 449 g/mol. The van der Waals surface area contributed by atoms with Crippen LogP contribution in [0.4, 0.5) is 18.9 Å². The molecule has 0 saturated heterocycles. The monoisotopic (exact) mass is 449 g/mol. The number of nitrogens with zero attached hydrogens (tertiary/aromatic N) is 1. The molecule has 0 fully saturated rings. The number of methoxy groups -OCH3 is 1. The Morgan fingerprint density at radius 3 is 2.34 bits per heavy atom. The van der Waals surface area contributed by atoms with Crippen LogP contribution in [0, 0.1) is 5.41 Å². The molecule has 1 unspecified atom stereocenters. The van der Waals surface area contributed by atoms with E-state index in [2.05, 4.69) is 0 Å². The fourth-order valence-electron chi connectivity index (χ4n) is 3.62. The van der Waals surface area contributed by atoms with Crippen LogP contribution in [0.15, 0.2) is 42.5 Å². The van der Waals surface area contributed by atoms with Gasteiger partial charge in [0.15, 0.2) is 0 Å². The van der Waals surface area contributed by atoms with E-state index in [1.165, 1.54) is 12.1 Å². The lowest BCUT2D eigenvalue weighted by molar-refractivity contribution is -0.126. The first-order valence-electron chi connectivity index (χ1n) is 10.3. The molecule has 32 heavy (non-hydrogen) atoms. The summed E-state index contributed by atoms with van der Waals surface area (Å²) in [5.74, 6) is -0.897. The minimum absolute atomic E-state index is 0.185. The summed E-state index contributed by atoms with van der Waals surface area (Å²) in [6.45, 7) is 5.56. The van der Waals surface area contributed by atoms with E-state index in [0.717, 1.165) is 6.07 Å². The lowest BCUT2D eigenvalue weighted by Crippen LogP contribution is -2.44. The van der Waals surface area contributed by atoms with E-state index in [9.17, 15) is 22.8 Å². The largest absolute Gasteiger partial charge is 0.497 e. The second kappa shape index (κ2) is 8.84. The molecule has 0 aromatic heterocycles. The van der Waals surface area contributed by atoms with Crippen LogP contribution >= 0.6 is 0 Å². The van der Waals surface area contributed by atoms with Crippen molar-refractivity contribution in [2.24, 2.45) is 5.41 Å². The third kappa shape index (κ3) is 5.23. The molecule has 8 heteroatoms. The van der Waals surface area contributed by atoms with Crippen LogP contribution in [-0.2, 0) is 11.2 Å². The van der Waals surface area contributed by atoms with Crippen molar-refractivity contribution in [2.75, 3.05) is 18.6 Å². The Morgan fingerprint density at radius 2 is 1.72 bits per heavy atom. The highest BCUT2D eigenvalue weighted by Gasteiger charge is 2.40. The number of aryl methyl sites for hydroxylation is 1. The Labute approximate surface area is 185 Å². The van der Waals surface area contributed by atoms with Gasteiger partial charge < -0.3 is 14.4 Å². The summed E-state index contributed by atoms with van der Waals surface area (Å²) in [6, 6.07) is 10.9. The van der Waals surface area contributed by atoms with Crippen LogP contribution in [0.25, 0.3) is 0 Å². The van der Waals surface area contributed by atoms with Crippen molar-refractivity contribution < 1.29 is 32.2 Å². The molecule has 1 atom stereocenters. The zero-order valence-corrected chi connectivity index (χ0v) is 18.5. The smallest absolute Gasteiger partial charge is 0.454 e. The number of hydrogen-bond acceptors (Lipinski definition) is 4. The third-order valence-corrected chi connectivity index (χ3v) is 5.24. The van der Waals surface area contributed by atoms with Crippen molar-refractivity contribution >= 4 is 17.4 Å². The fraction of sp³-hybridized carbons (Fsp3) is 0.417. The highest BCUT2D eigenvalue weighted by atomic mass is 19.4. The molecule has 1 aliphatic rings. The third-order valence-electron chi connectivity index (χ3n) is 5.24. The second-order valence-electron chi connectivity index (χ2n) is 8.79. The van der Waals surface area contributed by atoms with E-state index in [4.69, 9.17) is 9.47 Å². The van der Waals surface area contributed by atoms with Gasteiger partial charge in [0.25, 0.3) is 5.78 Å². The number of benzene rings is 2. The molecular formula is C24H26F3NO4. The van der Waals surface area contributed by atoms with E-state index in [0.29, 0.717) is 35.6 Å². The van der Waals surface area contributed by atoms with Gasteiger partial charge in [-0.15, -0.1) is 0 Å². The molecule has 2 aromatic carbocycles. The van der Waals surface area contributed by atoms with Gasteiger partial charge in [-0.3, -0.25) is 9.59 Å². The van der Waals surface area contributed by atoms with E-state index >= 15 is 0 Å². The van der Waals surface area contributed by atoms with Crippen LogP contribution in [0.1, 0.15) is 43.1 Å². The topological polar surface area (TPSA) is 55.8 Å². The first kappa shape index (κ1) is 23.6. The maximum Gasteiger partial charge on any atom is 0.454 e. The summed E-state index contributed by atoms with van der Waals surface area (Å²) in [6.07, 6.45) is -4.54. The molecule has 0 radical (unpaired) electrons. The molecule has 0 spiro atoms. The number of Topliss-reactive ketones (excluding diaryl/α,β-unsaturated/α-hetero) is 1. The van der Waals surface area contributed by atoms with E-state index in [1.807, 2.05) is 0 Å². The highest BCUT2D eigenvalue weighted by Crippen LogP contribution is 2.34. The SMILES string of the molecule is COc1cccc(OC2CCc3cc(C(=O)C(F)(F)F)ccc3N(C(=O)C(C)(C)C)C2)c1. The molecular weight excluding hydrogens is 423 g/mol. The number of fused-ring (bicyclic) bond motifs is 1. The Bertz CT molecular complexity index is 1010. The number of rotatable bonds is 4. The number of anilines is 1. The number of ether oxygens (including phenoxy) is 2. The number of carbonyl (C=O) groups excluding carboxylic acids is 2. The van der Waals surface area contributed by atoms with Gasteiger partial charge in [-0.2, -0.15) is 13.2 Å². The molecule has 3 rings (SSSR count). The molecule has 0 bridgehead atoms. The van der Waals surface area contributed by atoms with E-state index < -0.39 is 29.0 Å². The molecule has 1 aliphatic heterocycles. The van der Waals surface area contributed by atoms with Crippen LogP contribution in [0.5, 0.6) is 11.5 Å². The predicted molar refractivity (Wildman–Crippen MR) is 114 cm³/mol. The fourth-order valence-corrected chi connectivity index (χ4v) is 3.62. The van der Waals surface area contributed by atoms with E-state index in [-0.39, 0.29) is 12.5 Å². The maximum absolute atomic E-state index is 13.2. The molecule has 0 N–H and O–H groups in total. The van der Waals surface area contributed by atoms with Crippen molar-refractivity contribution in [1.82, 2.24) is 0 Å². The lowest BCUT2D eigenvalue weighted by Gasteiger charge is -2.31.